The SMILES string of the molecule is CCCC(CCC)C(C#N)Oc1ccccc1. The zero-order valence-electron chi connectivity index (χ0n) is 10.7. The molecule has 0 aliphatic rings. The third kappa shape index (κ3) is 4.48. The van der Waals surface area contributed by atoms with Gasteiger partial charge in [0.15, 0.2) is 6.10 Å². The molecule has 1 atom stereocenters. The fraction of sp³-hybridized carbons (Fsp3) is 0.533. The quantitative estimate of drug-likeness (QED) is 0.705. The molecular formula is C15H21NO. The van der Waals surface area contributed by atoms with Crippen molar-refractivity contribution in [2.45, 2.75) is 45.6 Å². The Bertz CT molecular complexity index is 336. The van der Waals surface area contributed by atoms with Gasteiger partial charge >= 0.3 is 0 Å². The third-order valence-corrected chi connectivity index (χ3v) is 2.88. The molecule has 0 saturated carbocycles. The van der Waals surface area contributed by atoms with Crippen LogP contribution >= 0.6 is 0 Å². The Labute approximate surface area is 104 Å². The number of hydrogen-bond acceptors (Lipinski definition) is 2. The van der Waals surface area contributed by atoms with Crippen LogP contribution in [0, 0.1) is 17.2 Å². The van der Waals surface area contributed by atoms with Crippen molar-refractivity contribution in [3.8, 4) is 11.8 Å². The summed E-state index contributed by atoms with van der Waals surface area (Å²) in [4.78, 5) is 0. The summed E-state index contributed by atoms with van der Waals surface area (Å²) in [5.41, 5.74) is 0. The van der Waals surface area contributed by atoms with Crippen LogP contribution in [-0.4, -0.2) is 6.10 Å². The summed E-state index contributed by atoms with van der Waals surface area (Å²) in [6.07, 6.45) is 3.98. The van der Waals surface area contributed by atoms with E-state index in [4.69, 9.17) is 4.74 Å². The van der Waals surface area contributed by atoms with Gasteiger partial charge in [-0.2, -0.15) is 5.26 Å². The van der Waals surface area contributed by atoms with E-state index in [1.54, 1.807) is 0 Å². The minimum atomic E-state index is -0.322. The van der Waals surface area contributed by atoms with Crippen LogP contribution in [0.4, 0.5) is 0 Å². The van der Waals surface area contributed by atoms with Crippen molar-refractivity contribution in [1.29, 1.82) is 5.26 Å². The van der Waals surface area contributed by atoms with Crippen molar-refractivity contribution in [3.63, 3.8) is 0 Å². The van der Waals surface area contributed by atoms with Crippen LogP contribution in [0.15, 0.2) is 30.3 Å². The van der Waals surface area contributed by atoms with Gasteiger partial charge in [-0.3, -0.25) is 0 Å². The van der Waals surface area contributed by atoms with E-state index in [1.807, 2.05) is 30.3 Å². The molecule has 1 aromatic carbocycles. The first-order valence-corrected chi connectivity index (χ1v) is 6.43. The predicted octanol–water partition coefficient (Wildman–Crippen LogP) is 4.17. The molecule has 92 valence electrons. The van der Waals surface area contributed by atoms with Gasteiger partial charge < -0.3 is 4.74 Å². The van der Waals surface area contributed by atoms with Gasteiger partial charge in [-0.1, -0.05) is 44.9 Å². The van der Waals surface area contributed by atoms with Crippen LogP contribution in [0.2, 0.25) is 0 Å². The highest BCUT2D eigenvalue weighted by Crippen LogP contribution is 2.22. The Balaban J connectivity index is 2.66. The highest BCUT2D eigenvalue weighted by molar-refractivity contribution is 5.22. The molecular weight excluding hydrogens is 210 g/mol. The van der Waals surface area contributed by atoms with Crippen molar-refractivity contribution >= 4 is 0 Å². The van der Waals surface area contributed by atoms with E-state index in [9.17, 15) is 5.26 Å². The summed E-state index contributed by atoms with van der Waals surface area (Å²) >= 11 is 0. The summed E-state index contributed by atoms with van der Waals surface area (Å²) < 4.78 is 5.77. The fourth-order valence-electron chi connectivity index (χ4n) is 2.06. The first-order valence-electron chi connectivity index (χ1n) is 6.43. The number of rotatable bonds is 7. The van der Waals surface area contributed by atoms with Crippen molar-refractivity contribution in [3.05, 3.63) is 30.3 Å². The summed E-state index contributed by atoms with van der Waals surface area (Å²) in [5.74, 6) is 1.13. The maximum Gasteiger partial charge on any atom is 0.187 e. The van der Waals surface area contributed by atoms with Gasteiger partial charge in [0.2, 0.25) is 0 Å². The smallest absolute Gasteiger partial charge is 0.187 e. The van der Waals surface area contributed by atoms with E-state index in [0.717, 1.165) is 31.4 Å². The highest BCUT2D eigenvalue weighted by Gasteiger charge is 2.21. The van der Waals surface area contributed by atoms with E-state index < -0.39 is 0 Å². The van der Waals surface area contributed by atoms with Crippen molar-refractivity contribution in [1.82, 2.24) is 0 Å². The molecule has 0 N–H and O–H groups in total. The summed E-state index contributed by atoms with van der Waals surface area (Å²) in [6, 6.07) is 11.9. The van der Waals surface area contributed by atoms with E-state index in [-0.39, 0.29) is 6.10 Å². The summed E-state index contributed by atoms with van der Waals surface area (Å²) in [6.45, 7) is 4.30. The van der Waals surface area contributed by atoms with Crippen LogP contribution in [0.25, 0.3) is 0 Å². The van der Waals surface area contributed by atoms with Gasteiger partial charge in [0.05, 0.1) is 0 Å². The number of nitrogens with zero attached hydrogens (tertiary/aromatic N) is 1. The molecule has 0 aliphatic heterocycles. The zero-order chi connectivity index (χ0) is 12.5. The zero-order valence-corrected chi connectivity index (χ0v) is 10.7. The van der Waals surface area contributed by atoms with Gasteiger partial charge in [-0.05, 0) is 25.0 Å². The molecule has 2 nitrogen and oxygen atoms in total. The highest BCUT2D eigenvalue weighted by atomic mass is 16.5. The van der Waals surface area contributed by atoms with E-state index in [1.165, 1.54) is 0 Å². The standard InChI is InChI=1S/C15H21NO/c1-3-8-13(9-4-2)15(12-16)17-14-10-6-5-7-11-14/h5-7,10-11,13,15H,3-4,8-9H2,1-2H3. The first kappa shape index (κ1) is 13.6. The van der Waals surface area contributed by atoms with Crippen LogP contribution in [0.3, 0.4) is 0 Å². The maximum atomic E-state index is 9.24. The Morgan fingerprint density at radius 2 is 1.71 bits per heavy atom. The average Bonchev–Trinajstić information content (AvgIpc) is 2.37. The van der Waals surface area contributed by atoms with Crippen LogP contribution < -0.4 is 4.74 Å². The molecule has 1 unspecified atom stereocenters. The number of benzene rings is 1. The molecule has 0 spiro atoms. The lowest BCUT2D eigenvalue weighted by atomic mass is 9.93. The number of para-hydroxylation sites is 1. The van der Waals surface area contributed by atoms with Crippen LogP contribution in [-0.2, 0) is 0 Å². The molecule has 0 fully saturated rings. The minimum Gasteiger partial charge on any atom is -0.475 e. The van der Waals surface area contributed by atoms with Gasteiger partial charge in [0, 0.05) is 5.92 Å². The number of ether oxygens (including phenoxy) is 1. The molecule has 17 heavy (non-hydrogen) atoms. The molecule has 0 aromatic heterocycles. The second-order valence-electron chi connectivity index (χ2n) is 4.32. The molecule has 1 aromatic rings. The molecule has 0 bridgehead atoms. The second-order valence-corrected chi connectivity index (χ2v) is 4.32. The number of nitriles is 1. The normalized spacial score (nSPS) is 12.1. The minimum absolute atomic E-state index is 0.322. The molecule has 0 aliphatic carbocycles. The van der Waals surface area contributed by atoms with E-state index in [2.05, 4.69) is 19.9 Å². The topological polar surface area (TPSA) is 33.0 Å². The Morgan fingerprint density at radius 3 is 2.18 bits per heavy atom. The van der Waals surface area contributed by atoms with Crippen LogP contribution in [0.1, 0.15) is 39.5 Å². The average molecular weight is 231 g/mol. The fourth-order valence-corrected chi connectivity index (χ4v) is 2.06. The lowest BCUT2D eigenvalue weighted by Crippen LogP contribution is -2.25. The molecule has 0 heterocycles. The summed E-state index contributed by atoms with van der Waals surface area (Å²) in [7, 11) is 0. The largest absolute Gasteiger partial charge is 0.475 e. The molecule has 0 saturated heterocycles. The first-order chi connectivity index (χ1) is 8.31. The molecule has 0 radical (unpaired) electrons. The molecule has 0 amide bonds. The third-order valence-electron chi connectivity index (χ3n) is 2.88. The lowest BCUT2D eigenvalue weighted by molar-refractivity contribution is 0.168. The Hall–Kier alpha value is -1.49. The lowest BCUT2D eigenvalue weighted by Gasteiger charge is -2.22. The van der Waals surface area contributed by atoms with Gasteiger partial charge in [0.1, 0.15) is 11.8 Å². The van der Waals surface area contributed by atoms with Crippen molar-refractivity contribution < 1.29 is 4.74 Å². The monoisotopic (exact) mass is 231 g/mol. The molecule has 2 heteroatoms. The molecule has 1 rings (SSSR count). The van der Waals surface area contributed by atoms with Gasteiger partial charge in [-0.15, -0.1) is 0 Å². The predicted molar refractivity (Wildman–Crippen MR) is 69.8 cm³/mol. The number of hydrogen-bond donors (Lipinski definition) is 0. The maximum absolute atomic E-state index is 9.24. The Kier molecular flexibility index (Phi) is 6.17. The van der Waals surface area contributed by atoms with E-state index in [0.29, 0.717) is 5.92 Å². The second kappa shape index (κ2) is 7.73. The Morgan fingerprint density at radius 1 is 1.12 bits per heavy atom. The summed E-state index contributed by atoms with van der Waals surface area (Å²) in [5, 5.41) is 9.24. The van der Waals surface area contributed by atoms with Crippen LogP contribution in [0.5, 0.6) is 5.75 Å². The van der Waals surface area contributed by atoms with Gasteiger partial charge in [-0.25, -0.2) is 0 Å². The van der Waals surface area contributed by atoms with Crippen molar-refractivity contribution in [2.75, 3.05) is 0 Å². The van der Waals surface area contributed by atoms with Gasteiger partial charge in [0.25, 0.3) is 0 Å². The van der Waals surface area contributed by atoms with Crippen molar-refractivity contribution in [2.24, 2.45) is 5.92 Å². The van der Waals surface area contributed by atoms with E-state index >= 15 is 0 Å².